The second-order valence-corrected chi connectivity index (χ2v) is 4.99. The molecule has 0 saturated carbocycles. The fraction of sp³-hybridized carbons (Fsp3) is 0.214. The van der Waals surface area contributed by atoms with Crippen molar-refractivity contribution < 1.29 is 9.59 Å². The molecule has 0 aliphatic carbocycles. The van der Waals surface area contributed by atoms with Gasteiger partial charge in [0.25, 0.3) is 0 Å². The third-order valence-corrected chi connectivity index (χ3v) is 3.54. The first-order valence-electron chi connectivity index (χ1n) is 6.22. The van der Waals surface area contributed by atoms with Crippen LogP contribution in [0.1, 0.15) is 12.6 Å². The van der Waals surface area contributed by atoms with Crippen molar-refractivity contribution in [2.75, 3.05) is 16.8 Å². The number of aryl methyl sites for hydroxylation is 1. The highest BCUT2D eigenvalue weighted by molar-refractivity contribution is 7.14. The number of nitrogens with zero attached hydrogens (tertiary/aromatic N) is 2. The van der Waals surface area contributed by atoms with E-state index in [1.165, 1.54) is 16.2 Å². The summed E-state index contributed by atoms with van der Waals surface area (Å²) in [6, 6.07) is 9.10. The fourth-order valence-electron chi connectivity index (χ4n) is 1.74. The van der Waals surface area contributed by atoms with Gasteiger partial charge in [-0.2, -0.15) is 0 Å². The Morgan fingerprint density at radius 2 is 2.00 bits per heavy atom. The van der Waals surface area contributed by atoms with Crippen molar-refractivity contribution in [2.45, 2.75) is 13.8 Å². The zero-order valence-electron chi connectivity index (χ0n) is 11.3. The first-order chi connectivity index (χ1) is 9.61. The highest BCUT2D eigenvalue weighted by Gasteiger charge is 2.22. The number of carbonyl (C=O) groups excluding carboxylic acids is 2. The van der Waals surface area contributed by atoms with E-state index in [2.05, 4.69) is 10.3 Å². The van der Waals surface area contributed by atoms with Crippen molar-refractivity contribution in [1.29, 1.82) is 0 Å². The van der Waals surface area contributed by atoms with E-state index in [0.29, 0.717) is 17.4 Å². The molecule has 5 nitrogen and oxygen atoms in total. The van der Waals surface area contributed by atoms with Gasteiger partial charge in [0.1, 0.15) is 0 Å². The maximum Gasteiger partial charge on any atom is 0.316 e. The quantitative estimate of drug-likeness (QED) is 0.883. The molecule has 2 rings (SSSR count). The van der Waals surface area contributed by atoms with Crippen LogP contribution >= 0.6 is 11.3 Å². The summed E-state index contributed by atoms with van der Waals surface area (Å²) in [6.07, 6.45) is 0. The maximum absolute atomic E-state index is 12.2. The molecule has 0 saturated heterocycles. The Hall–Kier alpha value is -2.21. The normalized spacial score (nSPS) is 10.1. The molecule has 1 aromatic heterocycles. The third-order valence-electron chi connectivity index (χ3n) is 2.66. The van der Waals surface area contributed by atoms with E-state index in [0.717, 1.165) is 5.69 Å². The van der Waals surface area contributed by atoms with E-state index >= 15 is 0 Å². The van der Waals surface area contributed by atoms with E-state index < -0.39 is 11.8 Å². The molecule has 6 heteroatoms. The number of nitrogens with one attached hydrogen (secondary N) is 1. The number of likely N-dealkylation sites (N-methyl/N-ethyl adjacent to an activating group) is 1. The summed E-state index contributed by atoms with van der Waals surface area (Å²) in [6.45, 7) is 4.08. The van der Waals surface area contributed by atoms with Crippen LogP contribution < -0.4 is 10.2 Å². The van der Waals surface area contributed by atoms with Crippen LogP contribution in [0.25, 0.3) is 0 Å². The summed E-state index contributed by atoms with van der Waals surface area (Å²) in [7, 11) is 0. The second kappa shape index (κ2) is 6.29. The van der Waals surface area contributed by atoms with Gasteiger partial charge in [0.15, 0.2) is 5.13 Å². The molecule has 0 unspecified atom stereocenters. The monoisotopic (exact) mass is 289 g/mol. The van der Waals surface area contributed by atoms with Gasteiger partial charge in [0.2, 0.25) is 0 Å². The molecular weight excluding hydrogens is 274 g/mol. The van der Waals surface area contributed by atoms with Crippen LogP contribution in [0.4, 0.5) is 10.8 Å². The molecule has 0 spiro atoms. The Balaban J connectivity index is 2.10. The number of para-hydroxylation sites is 1. The maximum atomic E-state index is 12.2. The summed E-state index contributed by atoms with van der Waals surface area (Å²) in [5.41, 5.74) is 1.51. The summed E-state index contributed by atoms with van der Waals surface area (Å²) in [4.78, 5) is 29.7. The van der Waals surface area contributed by atoms with Crippen LogP contribution in [0.3, 0.4) is 0 Å². The molecule has 0 bridgehead atoms. The van der Waals surface area contributed by atoms with E-state index in [9.17, 15) is 9.59 Å². The van der Waals surface area contributed by atoms with Crippen LogP contribution in [0.15, 0.2) is 35.7 Å². The van der Waals surface area contributed by atoms with Crippen LogP contribution in [-0.2, 0) is 9.59 Å². The van der Waals surface area contributed by atoms with Crippen molar-refractivity contribution >= 4 is 34.0 Å². The number of carbonyl (C=O) groups is 2. The smallest absolute Gasteiger partial charge is 0.304 e. The largest absolute Gasteiger partial charge is 0.316 e. The zero-order valence-corrected chi connectivity index (χ0v) is 12.1. The molecule has 0 fully saturated rings. The Bertz CT molecular complexity index is 610. The lowest BCUT2D eigenvalue weighted by molar-refractivity contribution is -0.134. The summed E-state index contributed by atoms with van der Waals surface area (Å²) >= 11 is 1.30. The molecule has 1 aromatic carbocycles. The number of hydrogen-bond donors (Lipinski definition) is 1. The fourth-order valence-corrected chi connectivity index (χ4v) is 2.42. The summed E-state index contributed by atoms with van der Waals surface area (Å²) < 4.78 is 0. The average Bonchev–Trinajstić information content (AvgIpc) is 2.86. The van der Waals surface area contributed by atoms with Crippen molar-refractivity contribution in [3.63, 3.8) is 0 Å². The number of amides is 2. The van der Waals surface area contributed by atoms with E-state index in [4.69, 9.17) is 0 Å². The number of aromatic nitrogens is 1. The number of hydrogen-bond acceptors (Lipinski definition) is 4. The topological polar surface area (TPSA) is 62.3 Å². The molecule has 0 aliphatic rings. The van der Waals surface area contributed by atoms with Crippen molar-refractivity contribution in [1.82, 2.24) is 4.98 Å². The molecule has 0 atom stereocenters. The van der Waals surface area contributed by atoms with E-state index in [-0.39, 0.29) is 0 Å². The molecule has 104 valence electrons. The Kier molecular flexibility index (Phi) is 4.47. The SMILES string of the molecule is CCN(C(=O)C(=O)Nc1nc(C)cs1)c1ccccc1. The number of benzene rings is 1. The Morgan fingerprint density at radius 3 is 2.55 bits per heavy atom. The lowest BCUT2D eigenvalue weighted by Gasteiger charge is -2.19. The van der Waals surface area contributed by atoms with Gasteiger partial charge in [0, 0.05) is 17.6 Å². The van der Waals surface area contributed by atoms with Gasteiger partial charge in [-0.25, -0.2) is 4.98 Å². The van der Waals surface area contributed by atoms with Crippen LogP contribution in [-0.4, -0.2) is 23.3 Å². The minimum atomic E-state index is -0.676. The van der Waals surface area contributed by atoms with Crippen molar-refractivity contribution in [3.8, 4) is 0 Å². The van der Waals surface area contributed by atoms with Crippen LogP contribution in [0.5, 0.6) is 0 Å². The average molecular weight is 289 g/mol. The minimum Gasteiger partial charge on any atom is -0.304 e. The number of thiazole rings is 1. The van der Waals surface area contributed by atoms with Gasteiger partial charge in [-0.15, -0.1) is 11.3 Å². The number of anilines is 2. The lowest BCUT2D eigenvalue weighted by Crippen LogP contribution is -2.39. The van der Waals surface area contributed by atoms with Gasteiger partial charge in [-0.3, -0.25) is 14.9 Å². The Labute approximate surface area is 121 Å². The Morgan fingerprint density at radius 1 is 1.30 bits per heavy atom. The second-order valence-electron chi connectivity index (χ2n) is 4.13. The molecule has 2 aromatic rings. The molecule has 1 N–H and O–H groups in total. The van der Waals surface area contributed by atoms with Crippen LogP contribution in [0.2, 0.25) is 0 Å². The highest BCUT2D eigenvalue weighted by Crippen LogP contribution is 2.16. The predicted molar refractivity (Wildman–Crippen MR) is 79.9 cm³/mol. The molecule has 0 aliphatic heterocycles. The van der Waals surface area contributed by atoms with Gasteiger partial charge in [-0.05, 0) is 26.0 Å². The standard InChI is InChI=1S/C14H15N3O2S/c1-3-17(11-7-5-4-6-8-11)13(19)12(18)16-14-15-10(2)9-20-14/h4-9H,3H2,1-2H3,(H,15,16,18). The highest BCUT2D eigenvalue weighted by atomic mass is 32.1. The van der Waals surface area contributed by atoms with Crippen molar-refractivity contribution in [2.24, 2.45) is 0 Å². The minimum absolute atomic E-state index is 0.424. The van der Waals surface area contributed by atoms with Gasteiger partial charge >= 0.3 is 11.8 Å². The molecule has 0 radical (unpaired) electrons. The molecule has 20 heavy (non-hydrogen) atoms. The third kappa shape index (κ3) is 3.21. The van der Waals surface area contributed by atoms with Crippen molar-refractivity contribution in [3.05, 3.63) is 41.4 Å². The number of rotatable bonds is 3. The molecular formula is C14H15N3O2S. The van der Waals surface area contributed by atoms with E-state index in [1.807, 2.05) is 37.4 Å². The molecule has 2 amide bonds. The molecule has 1 heterocycles. The van der Waals surface area contributed by atoms with Gasteiger partial charge < -0.3 is 4.90 Å². The zero-order chi connectivity index (χ0) is 14.5. The van der Waals surface area contributed by atoms with Gasteiger partial charge in [0.05, 0.1) is 5.69 Å². The first kappa shape index (κ1) is 14.2. The van der Waals surface area contributed by atoms with Gasteiger partial charge in [-0.1, -0.05) is 18.2 Å². The van der Waals surface area contributed by atoms with E-state index in [1.54, 1.807) is 12.1 Å². The summed E-state index contributed by atoms with van der Waals surface area (Å²) in [5.74, 6) is -1.27. The first-order valence-corrected chi connectivity index (χ1v) is 7.09. The predicted octanol–water partition coefficient (Wildman–Crippen LogP) is 2.44. The lowest BCUT2D eigenvalue weighted by atomic mass is 10.3. The van der Waals surface area contributed by atoms with Crippen LogP contribution in [0, 0.1) is 6.92 Å². The summed E-state index contributed by atoms with van der Waals surface area (Å²) in [5, 5.41) is 4.77.